The molecule has 0 spiro atoms. The summed E-state index contributed by atoms with van der Waals surface area (Å²) in [6.07, 6.45) is 0. The van der Waals surface area contributed by atoms with Crippen molar-refractivity contribution in [3.8, 4) is 17.0 Å². The average Bonchev–Trinajstić information content (AvgIpc) is 2.79. The Morgan fingerprint density at radius 3 is 2.26 bits per heavy atom. The molecule has 0 aliphatic carbocycles. The molecule has 0 fully saturated rings. The van der Waals surface area contributed by atoms with Gasteiger partial charge >= 0.3 is 10.1 Å². The Bertz CT molecular complexity index is 1520. The van der Waals surface area contributed by atoms with Gasteiger partial charge in [0.2, 0.25) is 0 Å². The molecule has 5 aromatic rings. The van der Waals surface area contributed by atoms with Crippen molar-refractivity contribution < 1.29 is 12.6 Å². The largest absolute Gasteiger partial charge is 0.378 e. The van der Waals surface area contributed by atoms with Crippen molar-refractivity contribution in [2.24, 2.45) is 0 Å². The molecule has 1 aromatic heterocycles. The van der Waals surface area contributed by atoms with Crippen LogP contribution in [0.5, 0.6) is 5.75 Å². The van der Waals surface area contributed by atoms with Crippen LogP contribution in [0.4, 0.5) is 0 Å². The van der Waals surface area contributed by atoms with Crippen molar-refractivity contribution in [3.63, 3.8) is 0 Å². The Morgan fingerprint density at radius 1 is 0.742 bits per heavy atom. The molecule has 0 aliphatic rings. The molecule has 0 atom stereocenters. The molecule has 4 nitrogen and oxygen atoms in total. The van der Waals surface area contributed by atoms with Crippen LogP contribution < -0.4 is 4.18 Å². The monoisotopic (exact) mass is 425 g/mol. The van der Waals surface area contributed by atoms with Gasteiger partial charge in [0.25, 0.3) is 0 Å². The highest BCUT2D eigenvalue weighted by molar-refractivity contribution is 7.87. The zero-order chi connectivity index (χ0) is 21.4. The van der Waals surface area contributed by atoms with Gasteiger partial charge in [0, 0.05) is 17.0 Å². The molecule has 0 radical (unpaired) electrons. The summed E-state index contributed by atoms with van der Waals surface area (Å²) < 4.78 is 31.5. The molecule has 31 heavy (non-hydrogen) atoms. The van der Waals surface area contributed by atoms with E-state index in [-0.39, 0.29) is 10.6 Å². The molecule has 0 aliphatic heterocycles. The van der Waals surface area contributed by atoms with Gasteiger partial charge in [-0.25, -0.2) is 4.98 Å². The van der Waals surface area contributed by atoms with E-state index in [1.165, 1.54) is 0 Å². The van der Waals surface area contributed by atoms with Crippen LogP contribution in [0.3, 0.4) is 0 Å². The summed E-state index contributed by atoms with van der Waals surface area (Å²) in [6, 6.07) is 29.8. The van der Waals surface area contributed by atoms with Crippen molar-refractivity contribution in [1.29, 1.82) is 0 Å². The van der Waals surface area contributed by atoms with E-state index < -0.39 is 10.1 Å². The summed E-state index contributed by atoms with van der Waals surface area (Å²) in [5.41, 5.74) is 3.19. The van der Waals surface area contributed by atoms with Gasteiger partial charge in [-0.1, -0.05) is 66.2 Å². The van der Waals surface area contributed by atoms with Crippen molar-refractivity contribution in [1.82, 2.24) is 4.98 Å². The molecule has 0 bridgehead atoms. The highest BCUT2D eigenvalue weighted by Crippen LogP contribution is 2.33. The Hall–Kier alpha value is -3.70. The number of para-hydroxylation sites is 1. The van der Waals surface area contributed by atoms with Gasteiger partial charge in [-0.05, 0) is 48.0 Å². The third-order valence-electron chi connectivity index (χ3n) is 5.23. The number of aromatic nitrogens is 1. The minimum Gasteiger partial charge on any atom is -0.378 e. The van der Waals surface area contributed by atoms with Crippen LogP contribution in [-0.2, 0) is 10.1 Å². The van der Waals surface area contributed by atoms with Gasteiger partial charge in [-0.2, -0.15) is 8.42 Å². The minimum absolute atomic E-state index is 0.117. The van der Waals surface area contributed by atoms with E-state index in [4.69, 9.17) is 9.17 Å². The van der Waals surface area contributed by atoms with Gasteiger partial charge < -0.3 is 4.18 Å². The molecule has 0 saturated carbocycles. The highest BCUT2D eigenvalue weighted by atomic mass is 32.2. The molecule has 4 aromatic carbocycles. The lowest BCUT2D eigenvalue weighted by molar-refractivity contribution is 0.488. The quantitative estimate of drug-likeness (QED) is 0.325. The maximum absolute atomic E-state index is 12.9. The van der Waals surface area contributed by atoms with Gasteiger partial charge in [-0.3, -0.25) is 0 Å². The number of hydrogen-bond donors (Lipinski definition) is 0. The maximum Gasteiger partial charge on any atom is 0.339 e. The number of nitrogens with zero attached hydrogens (tertiary/aromatic N) is 1. The number of pyridine rings is 1. The summed E-state index contributed by atoms with van der Waals surface area (Å²) in [5, 5.41) is 2.86. The SMILES string of the molecule is Cc1ccc(S(=O)(=O)Oc2cc(-c3ccc4ccccc4c3)nc3ccccc23)cc1. The zero-order valence-corrected chi connectivity index (χ0v) is 17.6. The fourth-order valence-corrected chi connectivity index (χ4v) is 4.52. The van der Waals surface area contributed by atoms with Gasteiger partial charge in [0.15, 0.2) is 5.75 Å². The molecule has 0 saturated heterocycles. The lowest BCUT2D eigenvalue weighted by Gasteiger charge is -2.12. The fraction of sp³-hybridized carbons (Fsp3) is 0.0385. The second kappa shape index (κ2) is 7.52. The van der Waals surface area contributed by atoms with Gasteiger partial charge in [-0.15, -0.1) is 0 Å². The van der Waals surface area contributed by atoms with Crippen LogP contribution in [0.1, 0.15) is 5.56 Å². The first kappa shape index (κ1) is 19.3. The maximum atomic E-state index is 12.9. The molecule has 1 heterocycles. The van der Waals surface area contributed by atoms with Crippen molar-refractivity contribution in [2.75, 3.05) is 0 Å². The number of aryl methyl sites for hydroxylation is 1. The second-order valence-corrected chi connectivity index (χ2v) is 8.98. The Kier molecular flexibility index (Phi) is 4.68. The minimum atomic E-state index is -3.98. The summed E-state index contributed by atoms with van der Waals surface area (Å²) >= 11 is 0. The summed E-state index contributed by atoms with van der Waals surface area (Å²) in [4.78, 5) is 4.87. The molecule has 5 rings (SSSR count). The lowest BCUT2D eigenvalue weighted by Crippen LogP contribution is -2.10. The van der Waals surface area contributed by atoms with E-state index in [0.717, 1.165) is 21.9 Å². The van der Waals surface area contributed by atoms with Gasteiger partial charge in [0.1, 0.15) is 4.90 Å². The standard InChI is InChI=1S/C26H19NO3S/c1-18-10-14-22(15-11-18)31(28,29)30-26-17-25(27-24-9-5-4-8-23(24)26)21-13-12-19-6-2-3-7-20(19)16-21/h2-17H,1H3. The summed E-state index contributed by atoms with van der Waals surface area (Å²) in [5.74, 6) is 0.259. The summed E-state index contributed by atoms with van der Waals surface area (Å²) in [6.45, 7) is 1.91. The van der Waals surface area contributed by atoms with Crippen LogP contribution in [0, 0.1) is 6.92 Å². The molecule has 5 heteroatoms. The van der Waals surface area contributed by atoms with E-state index >= 15 is 0 Å². The van der Waals surface area contributed by atoms with Crippen LogP contribution in [0.2, 0.25) is 0 Å². The van der Waals surface area contributed by atoms with Crippen LogP contribution in [-0.4, -0.2) is 13.4 Å². The Balaban J connectivity index is 1.64. The third kappa shape index (κ3) is 3.76. The van der Waals surface area contributed by atoms with Crippen molar-refractivity contribution >= 4 is 31.8 Å². The van der Waals surface area contributed by atoms with Crippen LogP contribution >= 0.6 is 0 Å². The molecular weight excluding hydrogens is 406 g/mol. The molecule has 152 valence electrons. The Labute approximate surface area is 180 Å². The fourth-order valence-electron chi connectivity index (χ4n) is 3.58. The predicted molar refractivity (Wildman–Crippen MR) is 124 cm³/mol. The second-order valence-electron chi connectivity index (χ2n) is 7.44. The molecule has 0 amide bonds. The molecule has 0 N–H and O–H groups in total. The highest BCUT2D eigenvalue weighted by Gasteiger charge is 2.19. The number of hydrogen-bond acceptors (Lipinski definition) is 4. The third-order valence-corrected chi connectivity index (χ3v) is 6.48. The Morgan fingerprint density at radius 2 is 1.45 bits per heavy atom. The van der Waals surface area contributed by atoms with E-state index in [2.05, 4.69) is 6.07 Å². The lowest BCUT2D eigenvalue weighted by atomic mass is 10.0. The number of benzene rings is 4. The molecule has 0 unspecified atom stereocenters. The van der Waals surface area contributed by atoms with E-state index in [0.29, 0.717) is 16.6 Å². The van der Waals surface area contributed by atoms with E-state index in [9.17, 15) is 8.42 Å². The van der Waals surface area contributed by atoms with Crippen molar-refractivity contribution in [3.05, 3.63) is 103 Å². The average molecular weight is 426 g/mol. The molecular formula is C26H19NO3S. The predicted octanol–water partition coefficient (Wildman–Crippen LogP) is 6.13. The first-order valence-electron chi connectivity index (χ1n) is 9.90. The van der Waals surface area contributed by atoms with Crippen LogP contribution in [0.15, 0.2) is 102 Å². The number of fused-ring (bicyclic) bond motifs is 2. The van der Waals surface area contributed by atoms with Gasteiger partial charge in [0.05, 0.1) is 11.2 Å². The van der Waals surface area contributed by atoms with E-state index in [1.807, 2.05) is 67.6 Å². The zero-order valence-electron chi connectivity index (χ0n) is 16.8. The first-order chi connectivity index (χ1) is 15.0. The van der Waals surface area contributed by atoms with Crippen molar-refractivity contribution in [2.45, 2.75) is 11.8 Å². The topological polar surface area (TPSA) is 56.3 Å². The van der Waals surface area contributed by atoms with E-state index in [1.54, 1.807) is 30.3 Å². The first-order valence-corrected chi connectivity index (χ1v) is 11.3. The smallest absolute Gasteiger partial charge is 0.339 e. The normalized spacial score (nSPS) is 11.6. The number of rotatable bonds is 4. The summed E-state index contributed by atoms with van der Waals surface area (Å²) in [7, 11) is -3.98. The van der Waals surface area contributed by atoms with Crippen LogP contribution in [0.25, 0.3) is 32.9 Å².